The van der Waals surface area contributed by atoms with Crippen molar-refractivity contribution < 1.29 is 4.42 Å². The molecule has 0 spiro atoms. The van der Waals surface area contributed by atoms with E-state index in [1.54, 1.807) is 6.26 Å². The van der Waals surface area contributed by atoms with Crippen LogP contribution in [0.2, 0.25) is 0 Å². The van der Waals surface area contributed by atoms with Gasteiger partial charge in [-0.1, -0.05) is 6.92 Å². The Kier molecular flexibility index (Phi) is 3.10. The molecule has 0 amide bonds. The van der Waals surface area contributed by atoms with Crippen molar-refractivity contribution in [2.45, 2.75) is 19.9 Å². The third-order valence-corrected chi connectivity index (χ3v) is 2.61. The molecular formula is C12H17N3O. The van der Waals surface area contributed by atoms with Crippen molar-refractivity contribution in [1.82, 2.24) is 14.9 Å². The maximum absolute atomic E-state index is 5.35. The predicted octanol–water partition coefficient (Wildman–Crippen LogP) is 2.02. The Labute approximate surface area is 95.3 Å². The van der Waals surface area contributed by atoms with Crippen LogP contribution in [0, 0.1) is 6.92 Å². The second-order valence-corrected chi connectivity index (χ2v) is 3.88. The van der Waals surface area contributed by atoms with Crippen molar-refractivity contribution in [3.05, 3.63) is 41.9 Å². The van der Waals surface area contributed by atoms with Gasteiger partial charge in [0.05, 0.1) is 12.3 Å². The highest BCUT2D eigenvalue weighted by Crippen LogP contribution is 2.22. The Morgan fingerprint density at radius 1 is 1.56 bits per heavy atom. The molecule has 0 aliphatic rings. The number of hydrogen-bond donors (Lipinski definition) is 1. The molecule has 0 fully saturated rings. The third-order valence-electron chi connectivity index (χ3n) is 2.61. The van der Waals surface area contributed by atoms with Crippen LogP contribution >= 0.6 is 0 Å². The van der Waals surface area contributed by atoms with E-state index >= 15 is 0 Å². The van der Waals surface area contributed by atoms with Gasteiger partial charge in [0.2, 0.25) is 0 Å². The molecule has 2 heterocycles. The lowest BCUT2D eigenvalue weighted by Crippen LogP contribution is -2.24. The Morgan fingerprint density at radius 2 is 2.38 bits per heavy atom. The molecule has 0 aliphatic carbocycles. The van der Waals surface area contributed by atoms with Crippen LogP contribution in [0.4, 0.5) is 0 Å². The number of rotatable bonds is 4. The molecule has 4 nitrogen and oxygen atoms in total. The summed E-state index contributed by atoms with van der Waals surface area (Å²) in [4.78, 5) is 4.38. The number of furan rings is 1. The molecule has 0 saturated heterocycles. The van der Waals surface area contributed by atoms with Crippen LogP contribution in [0.1, 0.15) is 30.1 Å². The Bertz CT molecular complexity index is 458. The van der Waals surface area contributed by atoms with E-state index in [-0.39, 0.29) is 6.04 Å². The number of hydrogen-bond acceptors (Lipinski definition) is 3. The molecule has 1 atom stereocenters. The van der Waals surface area contributed by atoms with Crippen LogP contribution in [0.5, 0.6) is 0 Å². The Hall–Kier alpha value is -1.55. The van der Waals surface area contributed by atoms with E-state index < -0.39 is 0 Å². The van der Waals surface area contributed by atoms with E-state index in [9.17, 15) is 0 Å². The smallest absolute Gasteiger partial charge is 0.130 e. The van der Waals surface area contributed by atoms with Gasteiger partial charge in [-0.15, -0.1) is 0 Å². The fraction of sp³-hybridized carbons (Fsp3) is 0.417. The number of aryl methyl sites for hydroxylation is 2. The van der Waals surface area contributed by atoms with E-state index in [2.05, 4.69) is 17.2 Å². The van der Waals surface area contributed by atoms with Gasteiger partial charge in [0, 0.05) is 25.0 Å². The average Bonchev–Trinajstić information content (AvgIpc) is 2.84. The maximum Gasteiger partial charge on any atom is 0.130 e. The van der Waals surface area contributed by atoms with E-state index in [0.717, 1.165) is 23.7 Å². The van der Waals surface area contributed by atoms with Gasteiger partial charge in [0.1, 0.15) is 11.6 Å². The first-order valence-electron chi connectivity index (χ1n) is 5.48. The van der Waals surface area contributed by atoms with Gasteiger partial charge < -0.3 is 14.3 Å². The van der Waals surface area contributed by atoms with Crippen LogP contribution < -0.4 is 5.32 Å². The first kappa shape index (κ1) is 11.0. The normalized spacial score (nSPS) is 12.9. The molecule has 0 aliphatic heterocycles. The second-order valence-electron chi connectivity index (χ2n) is 3.88. The van der Waals surface area contributed by atoms with Crippen molar-refractivity contribution in [2.24, 2.45) is 7.05 Å². The summed E-state index contributed by atoms with van der Waals surface area (Å²) in [5, 5.41) is 3.41. The van der Waals surface area contributed by atoms with E-state index in [4.69, 9.17) is 4.42 Å². The van der Waals surface area contributed by atoms with Crippen molar-refractivity contribution in [2.75, 3.05) is 6.54 Å². The summed E-state index contributed by atoms with van der Waals surface area (Å²) in [5.41, 5.74) is 1.12. The zero-order valence-electron chi connectivity index (χ0n) is 9.90. The van der Waals surface area contributed by atoms with Crippen LogP contribution in [-0.4, -0.2) is 16.1 Å². The summed E-state index contributed by atoms with van der Waals surface area (Å²) in [6, 6.07) is 2.14. The minimum Gasteiger partial charge on any atom is -0.469 e. The number of aromatic nitrogens is 2. The molecule has 86 valence electrons. The molecule has 0 radical (unpaired) electrons. The minimum absolute atomic E-state index is 0.0995. The summed E-state index contributed by atoms with van der Waals surface area (Å²) in [5.74, 6) is 1.93. The fourth-order valence-corrected chi connectivity index (χ4v) is 1.83. The molecule has 0 aromatic carbocycles. The molecule has 1 N–H and O–H groups in total. The molecule has 0 bridgehead atoms. The lowest BCUT2D eigenvalue weighted by Gasteiger charge is -2.15. The topological polar surface area (TPSA) is 43.0 Å². The van der Waals surface area contributed by atoms with Crippen molar-refractivity contribution in [3.63, 3.8) is 0 Å². The monoisotopic (exact) mass is 219 g/mol. The zero-order valence-corrected chi connectivity index (χ0v) is 9.90. The average molecular weight is 219 g/mol. The molecule has 2 aromatic rings. The van der Waals surface area contributed by atoms with E-state index in [1.165, 1.54) is 0 Å². The number of nitrogens with one attached hydrogen (secondary N) is 1. The second kappa shape index (κ2) is 4.53. The van der Waals surface area contributed by atoms with Gasteiger partial charge in [-0.2, -0.15) is 0 Å². The molecule has 16 heavy (non-hydrogen) atoms. The summed E-state index contributed by atoms with van der Waals surface area (Å²) < 4.78 is 7.38. The molecule has 4 heteroatoms. The number of nitrogens with zero attached hydrogens (tertiary/aromatic N) is 2. The van der Waals surface area contributed by atoms with Gasteiger partial charge in [-0.25, -0.2) is 4.98 Å². The van der Waals surface area contributed by atoms with Crippen molar-refractivity contribution in [1.29, 1.82) is 0 Å². The molecule has 2 aromatic heterocycles. The first-order chi connectivity index (χ1) is 7.72. The summed E-state index contributed by atoms with van der Waals surface area (Å²) >= 11 is 0. The highest BCUT2D eigenvalue weighted by Gasteiger charge is 2.18. The Balaban J connectivity index is 2.34. The van der Waals surface area contributed by atoms with Gasteiger partial charge in [-0.3, -0.25) is 0 Å². The molecule has 2 rings (SSSR count). The fourth-order valence-electron chi connectivity index (χ4n) is 1.83. The largest absolute Gasteiger partial charge is 0.469 e. The summed E-state index contributed by atoms with van der Waals surface area (Å²) in [6.07, 6.45) is 5.55. The van der Waals surface area contributed by atoms with Crippen molar-refractivity contribution >= 4 is 0 Å². The van der Waals surface area contributed by atoms with Gasteiger partial charge in [0.25, 0.3) is 0 Å². The van der Waals surface area contributed by atoms with Crippen LogP contribution in [0.3, 0.4) is 0 Å². The van der Waals surface area contributed by atoms with E-state index in [0.29, 0.717) is 0 Å². The quantitative estimate of drug-likeness (QED) is 0.855. The third kappa shape index (κ3) is 2.02. The summed E-state index contributed by atoms with van der Waals surface area (Å²) in [6.45, 7) is 4.93. The van der Waals surface area contributed by atoms with Crippen molar-refractivity contribution in [3.8, 4) is 0 Å². The molecule has 1 unspecified atom stereocenters. The maximum atomic E-state index is 5.35. The number of imidazole rings is 1. The van der Waals surface area contributed by atoms with Crippen LogP contribution in [0.25, 0.3) is 0 Å². The lowest BCUT2D eigenvalue weighted by molar-refractivity contribution is 0.520. The highest BCUT2D eigenvalue weighted by atomic mass is 16.3. The Morgan fingerprint density at radius 3 is 2.88 bits per heavy atom. The highest BCUT2D eigenvalue weighted by molar-refractivity contribution is 5.23. The predicted molar refractivity (Wildman–Crippen MR) is 62.2 cm³/mol. The molecule has 0 saturated carbocycles. The van der Waals surface area contributed by atoms with Gasteiger partial charge >= 0.3 is 0 Å². The summed E-state index contributed by atoms with van der Waals surface area (Å²) in [7, 11) is 2.00. The van der Waals surface area contributed by atoms with Gasteiger partial charge in [0.15, 0.2) is 0 Å². The minimum atomic E-state index is 0.0995. The van der Waals surface area contributed by atoms with Crippen LogP contribution in [-0.2, 0) is 7.05 Å². The SMILES string of the molecule is CCNC(c1coc(C)c1)c1nccn1C. The van der Waals surface area contributed by atoms with E-state index in [1.807, 2.05) is 37.0 Å². The standard InChI is InChI=1S/C12H17N3O/c1-4-13-11(10-7-9(2)16-8-10)12-14-5-6-15(12)3/h5-8,11,13H,4H2,1-3H3. The molecular weight excluding hydrogens is 202 g/mol. The zero-order chi connectivity index (χ0) is 11.5. The van der Waals surface area contributed by atoms with Gasteiger partial charge in [-0.05, 0) is 19.5 Å². The first-order valence-corrected chi connectivity index (χ1v) is 5.48. The lowest BCUT2D eigenvalue weighted by atomic mass is 10.1. The van der Waals surface area contributed by atoms with Crippen LogP contribution in [0.15, 0.2) is 29.1 Å².